The van der Waals surface area contributed by atoms with Gasteiger partial charge in [-0.15, -0.1) is 0 Å². The van der Waals surface area contributed by atoms with Gasteiger partial charge in [-0.05, 0) is 12.1 Å². The average Bonchev–Trinajstić information content (AvgIpc) is 2.15. The van der Waals surface area contributed by atoms with Gasteiger partial charge in [0.25, 0.3) is 0 Å². The molecule has 2 N–H and O–H groups in total. The van der Waals surface area contributed by atoms with E-state index in [1.54, 1.807) is 38.2 Å². The van der Waals surface area contributed by atoms with E-state index in [4.69, 9.17) is 28.9 Å². The second-order valence-electron chi connectivity index (χ2n) is 3.98. The Morgan fingerprint density at radius 2 is 1.71 bits per heavy atom. The third-order valence-electron chi connectivity index (χ3n) is 2.29. The van der Waals surface area contributed by atoms with E-state index in [0.717, 1.165) is 0 Å². The number of hydrogen-bond donors (Lipinski definition) is 1. The Hall–Kier alpha value is -1.13. The van der Waals surface area contributed by atoms with Gasteiger partial charge in [0.1, 0.15) is 0 Å². The number of carbonyl (C=O) groups excluding carboxylic acids is 1. The molecule has 0 bridgehead atoms. The molecule has 0 atom stereocenters. The van der Waals surface area contributed by atoms with Crippen LogP contribution in [0.4, 0.5) is 11.4 Å². The van der Waals surface area contributed by atoms with Gasteiger partial charge in [0.05, 0.1) is 22.3 Å². The van der Waals surface area contributed by atoms with Crippen molar-refractivity contribution in [3.8, 4) is 0 Å². The molecule has 6 heteroatoms. The van der Waals surface area contributed by atoms with Crippen molar-refractivity contribution in [2.75, 3.05) is 38.3 Å². The smallest absolute Gasteiger partial charge is 0.241 e. The highest BCUT2D eigenvalue weighted by atomic mass is 35.5. The Morgan fingerprint density at radius 3 is 2.12 bits per heavy atom. The molecule has 17 heavy (non-hydrogen) atoms. The van der Waals surface area contributed by atoms with Crippen molar-refractivity contribution in [2.24, 2.45) is 0 Å². The van der Waals surface area contributed by atoms with Crippen LogP contribution in [0.15, 0.2) is 12.1 Å². The lowest BCUT2D eigenvalue weighted by molar-refractivity contribution is -0.127. The maximum absolute atomic E-state index is 11.6. The highest BCUT2D eigenvalue weighted by molar-refractivity contribution is 6.39. The van der Waals surface area contributed by atoms with E-state index in [9.17, 15) is 4.79 Å². The van der Waals surface area contributed by atoms with Crippen LogP contribution in [0.2, 0.25) is 10.0 Å². The summed E-state index contributed by atoms with van der Waals surface area (Å²) in [6, 6.07) is 3.22. The predicted molar refractivity (Wildman–Crippen MR) is 72.8 cm³/mol. The third-order valence-corrected chi connectivity index (χ3v) is 2.87. The Labute approximate surface area is 111 Å². The molecule has 0 aliphatic carbocycles. The molecule has 1 amide bonds. The lowest BCUT2D eigenvalue weighted by Gasteiger charge is -2.23. The summed E-state index contributed by atoms with van der Waals surface area (Å²) in [5, 5.41) is 0.869. The highest BCUT2D eigenvalue weighted by Gasteiger charge is 2.15. The van der Waals surface area contributed by atoms with Gasteiger partial charge in [0.2, 0.25) is 5.91 Å². The van der Waals surface area contributed by atoms with Crippen LogP contribution in [0.1, 0.15) is 0 Å². The number of amides is 1. The van der Waals surface area contributed by atoms with Gasteiger partial charge in [-0.2, -0.15) is 0 Å². The minimum Gasteiger partial charge on any atom is -0.399 e. The summed E-state index contributed by atoms with van der Waals surface area (Å²) in [7, 11) is 5.15. The zero-order valence-electron chi connectivity index (χ0n) is 10.00. The third kappa shape index (κ3) is 3.41. The summed E-state index contributed by atoms with van der Waals surface area (Å²) >= 11 is 12.1. The number of anilines is 2. The van der Waals surface area contributed by atoms with Crippen LogP contribution in [0, 0.1) is 0 Å². The predicted octanol–water partition coefficient (Wildman–Crippen LogP) is 2.10. The molecule has 0 spiro atoms. The van der Waals surface area contributed by atoms with Gasteiger partial charge < -0.3 is 15.5 Å². The molecule has 0 aliphatic rings. The largest absolute Gasteiger partial charge is 0.399 e. The number of nitrogens with zero attached hydrogens (tertiary/aromatic N) is 2. The Balaban J connectivity index is 2.97. The zero-order valence-corrected chi connectivity index (χ0v) is 11.5. The van der Waals surface area contributed by atoms with Crippen LogP contribution in [0.3, 0.4) is 0 Å². The maximum atomic E-state index is 11.6. The van der Waals surface area contributed by atoms with Gasteiger partial charge in [-0.25, -0.2) is 0 Å². The summed E-state index contributed by atoms with van der Waals surface area (Å²) in [5.74, 6) is -0.0311. The van der Waals surface area contributed by atoms with E-state index in [2.05, 4.69) is 0 Å². The molecular weight excluding hydrogens is 261 g/mol. The summed E-state index contributed by atoms with van der Waals surface area (Å²) in [4.78, 5) is 14.8. The molecule has 0 radical (unpaired) electrons. The number of halogens is 2. The van der Waals surface area contributed by atoms with Crippen molar-refractivity contribution >= 4 is 40.5 Å². The van der Waals surface area contributed by atoms with Crippen LogP contribution in [0.5, 0.6) is 0 Å². The number of nitrogens with two attached hydrogens (primary N) is 1. The molecule has 4 nitrogen and oxygen atoms in total. The van der Waals surface area contributed by atoms with E-state index in [0.29, 0.717) is 21.4 Å². The fraction of sp³-hybridized carbons (Fsp3) is 0.364. The Morgan fingerprint density at radius 1 is 1.24 bits per heavy atom. The molecule has 0 aliphatic heterocycles. The SMILES string of the molecule is CN(C)C(=O)CN(C)c1c(Cl)cc(N)cc1Cl. The second-order valence-corrected chi connectivity index (χ2v) is 4.79. The number of rotatable bonds is 3. The van der Waals surface area contributed by atoms with Crippen LogP contribution < -0.4 is 10.6 Å². The Kier molecular flexibility index (Phi) is 4.48. The summed E-state index contributed by atoms with van der Waals surface area (Å²) in [6.45, 7) is 0.205. The molecule has 0 aromatic heterocycles. The first-order chi connectivity index (χ1) is 7.82. The lowest BCUT2D eigenvalue weighted by Crippen LogP contribution is -2.34. The van der Waals surface area contributed by atoms with Gasteiger partial charge >= 0.3 is 0 Å². The summed E-state index contributed by atoms with van der Waals surface area (Å²) in [5.41, 5.74) is 6.72. The van der Waals surface area contributed by atoms with Crippen molar-refractivity contribution < 1.29 is 4.79 Å². The second kappa shape index (κ2) is 5.47. The van der Waals surface area contributed by atoms with Gasteiger partial charge in [0, 0.05) is 26.8 Å². The first kappa shape index (κ1) is 13.9. The van der Waals surface area contributed by atoms with Crippen LogP contribution in [-0.2, 0) is 4.79 Å². The number of likely N-dealkylation sites (N-methyl/N-ethyl adjacent to an activating group) is 2. The monoisotopic (exact) mass is 275 g/mol. The van der Waals surface area contributed by atoms with E-state index in [1.165, 1.54) is 4.90 Å². The summed E-state index contributed by atoms with van der Waals surface area (Å²) in [6.07, 6.45) is 0. The van der Waals surface area contributed by atoms with Crippen LogP contribution in [0.25, 0.3) is 0 Å². The molecule has 1 rings (SSSR count). The Bertz CT molecular complexity index is 412. The fourth-order valence-electron chi connectivity index (χ4n) is 1.37. The van der Waals surface area contributed by atoms with Gasteiger partial charge in [0.15, 0.2) is 0 Å². The quantitative estimate of drug-likeness (QED) is 0.860. The molecule has 0 saturated carbocycles. The lowest BCUT2D eigenvalue weighted by atomic mass is 10.2. The summed E-state index contributed by atoms with van der Waals surface area (Å²) < 4.78 is 0. The standard InChI is InChI=1S/C11H15Cl2N3O/c1-15(2)10(17)6-16(3)11-8(12)4-7(14)5-9(11)13/h4-5H,6,14H2,1-3H3. The number of hydrogen-bond acceptors (Lipinski definition) is 3. The van der Waals surface area contributed by atoms with E-state index >= 15 is 0 Å². The normalized spacial score (nSPS) is 10.2. The molecule has 94 valence electrons. The van der Waals surface area contributed by atoms with Crippen molar-refractivity contribution in [2.45, 2.75) is 0 Å². The van der Waals surface area contributed by atoms with Crippen LogP contribution in [-0.4, -0.2) is 38.5 Å². The number of nitrogen functional groups attached to an aromatic ring is 1. The molecule has 1 aromatic rings. The minimum atomic E-state index is -0.0311. The van der Waals surface area contributed by atoms with Crippen molar-refractivity contribution in [1.29, 1.82) is 0 Å². The number of carbonyl (C=O) groups is 1. The van der Waals surface area contributed by atoms with Crippen molar-refractivity contribution in [3.63, 3.8) is 0 Å². The van der Waals surface area contributed by atoms with Gasteiger partial charge in [-0.3, -0.25) is 4.79 Å². The molecule has 0 heterocycles. The molecule has 0 fully saturated rings. The average molecular weight is 276 g/mol. The fourth-order valence-corrected chi connectivity index (χ4v) is 2.17. The highest BCUT2D eigenvalue weighted by Crippen LogP contribution is 2.35. The van der Waals surface area contributed by atoms with E-state index in [1.807, 2.05) is 0 Å². The molecule has 0 saturated heterocycles. The molecule has 0 unspecified atom stereocenters. The minimum absolute atomic E-state index is 0.0311. The molecule has 1 aromatic carbocycles. The zero-order chi connectivity index (χ0) is 13.2. The topological polar surface area (TPSA) is 49.6 Å². The van der Waals surface area contributed by atoms with Gasteiger partial charge in [-0.1, -0.05) is 23.2 Å². The number of benzene rings is 1. The van der Waals surface area contributed by atoms with E-state index < -0.39 is 0 Å². The van der Waals surface area contributed by atoms with Crippen molar-refractivity contribution in [3.05, 3.63) is 22.2 Å². The first-order valence-corrected chi connectivity index (χ1v) is 5.74. The first-order valence-electron chi connectivity index (χ1n) is 4.98. The van der Waals surface area contributed by atoms with Crippen LogP contribution >= 0.6 is 23.2 Å². The maximum Gasteiger partial charge on any atom is 0.241 e. The van der Waals surface area contributed by atoms with Crippen molar-refractivity contribution in [1.82, 2.24) is 4.90 Å². The molecular formula is C11H15Cl2N3O. The van der Waals surface area contributed by atoms with E-state index in [-0.39, 0.29) is 12.5 Å².